The van der Waals surface area contributed by atoms with Crippen LogP contribution in [0, 0.1) is 6.92 Å². The number of thiophene rings is 1. The van der Waals surface area contributed by atoms with Crippen LogP contribution in [0.4, 0.5) is 0 Å². The molecule has 1 atom stereocenters. The van der Waals surface area contributed by atoms with Gasteiger partial charge < -0.3 is 10.1 Å². The van der Waals surface area contributed by atoms with E-state index < -0.39 is 0 Å². The van der Waals surface area contributed by atoms with Gasteiger partial charge in [-0.15, -0.1) is 11.3 Å². The lowest BCUT2D eigenvalue weighted by atomic mass is 10.2. The highest BCUT2D eigenvalue weighted by atomic mass is 32.1. The summed E-state index contributed by atoms with van der Waals surface area (Å²) in [4.78, 5) is 2.72. The third-order valence-electron chi connectivity index (χ3n) is 1.89. The molecule has 1 N–H and O–H groups in total. The van der Waals surface area contributed by atoms with Crippen molar-refractivity contribution >= 4 is 11.3 Å². The molecule has 0 aliphatic rings. The van der Waals surface area contributed by atoms with Crippen molar-refractivity contribution in [3.05, 3.63) is 21.9 Å². The molecule has 1 rings (SSSR count). The first kappa shape index (κ1) is 10.7. The van der Waals surface area contributed by atoms with E-state index in [1.54, 1.807) is 7.11 Å². The molecule has 1 unspecified atom stereocenters. The van der Waals surface area contributed by atoms with Gasteiger partial charge in [-0.2, -0.15) is 0 Å². The molecule has 0 aliphatic heterocycles. The van der Waals surface area contributed by atoms with E-state index in [1.807, 2.05) is 11.3 Å². The zero-order valence-corrected chi connectivity index (χ0v) is 9.28. The van der Waals surface area contributed by atoms with Crippen molar-refractivity contribution in [2.45, 2.75) is 19.9 Å². The maximum Gasteiger partial charge on any atom is 0.0665 e. The Kier molecular flexibility index (Phi) is 4.42. The summed E-state index contributed by atoms with van der Waals surface area (Å²) < 4.78 is 5.16. The van der Waals surface area contributed by atoms with E-state index in [2.05, 4.69) is 31.3 Å². The van der Waals surface area contributed by atoms with Crippen molar-refractivity contribution in [1.82, 2.24) is 5.32 Å². The summed E-state index contributed by atoms with van der Waals surface area (Å²) in [5.41, 5.74) is 0. The molecule has 0 aromatic carbocycles. The van der Waals surface area contributed by atoms with E-state index in [-0.39, 0.29) is 0 Å². The van der Waals surface area contributed by atoms with Gasteiger partial charge in [0.15, 0.2) is 0 Å². The molecule has 1 aromatic heterocycles. The second-order valence-corrected chi connectivity index (χ2v) is 4.33. The maximum atomic E-state index is 5.16. The van der Waals surface area contributed by atoms with Crippen LogP contribution in [-0.2, 0) is 4.74 Å². The number of rotatable bonds is 5. The molecule has 0 aliphatic carbocycles. The van der Waals surface area contributed by atoms with Gasteiger partial charge in [0, 0.05) is 16.9 Å². The fourth-order valence-corrected chi connectivity index (χ4v) is 2.23. The molecule has 0 radical (unpaired) electrons. The van der Waals surface area contributed by atoms with Crippen LogP contribution in [0.1, 0.15) is 22.7 Å². The number of methoxy groups -OCH3 is 1. The smallest absolute Gasteiger partial charge is 0.0665 e. The van der Waals surface area contributed by atoms with Crippen LogP contribution < -0.4 is 5.32 Å². The van der Waals surface area contributed by atoms with Gasteiger partial charge in [0.2, 0.25) is 0 Å². The zero-order chi connectivity index (χ0) is 9.68. The molecule has 13 heavy (non-hydrogen) atoms. The van der Waals surface area contributed by atoms with Gasteiger partial charge in [-0.1, -0.05) is 6.92 Å². The van der Waals surface area contributed by atoms with Crippen LogP contribution in [-0.4, -0.2) is 20.3 Å². The fourth-order valence-electron chi connectivity index (χ4n) is 1.30. The van der Waals surface area contributed by atoms with Crippen LogP contribution >= 0.6 is 11.3 Å². The molecule has 0 amide bonds. The third kappa shape index (κ3) is 3.10. The van der Waals surface area contributed by atoms with Gasteiger partial charge in [0.25, 0.3) is 0 Å². The Morgan fingerprint density at radius 1 is 1.54 bits per heavy atom. The van der Waals surface area contributed by atoms with E-state index >= 15 is 0 Å². The molecule has 1 heterocycles. The number of ether oxygens (including phenoxy) is 1. The molecule has 0 spiro atoms. The molecule has 2 nitrogen and oxygen atoms in total. The highest BCUT2D eigenvalue weighted by Crippen LogP contribution is 2.22. The Morgan fingerprint density at radius 2 is 2.31 bits per heavy atom. The number of nitrogens with one attached hydrogen (secondary N) is 1. The van der Waals surface area contributed by atoms with Crippen molar-refractivity contribution in [3.8, 4) is 0 Å². The van der Waals surface area contributed by atoms with Crippen LogP contribution in [0.15, 0.2) is 12.1 Å². The summed E-state index contributed by atoms with van der Waals surface area (Å²) in [6.07, 6.45) is 0. The second kappa shape index (κ2) is 5.37. The Morgan fingerprint density at radius 3 is 2.77 bits per heavy atom. The van der Waals surface area contributed by atoms with Crippen LogP contribution in [0.25, 0.3) is 0 Å². The van der Waals surface area contributed by atoms with Crippen molar-refractivity contribution < 1.29 is 4.74 Å². The van der Waals surface area contributed by atoms with Gasteiger partial charge in [-0.25, -0.2) is 0 Å². The van der Waals surface area contributed by atoms with E-state index in [0.717, 1.165) is 13.2 Å². The van der Waals surface area contributed by atoms with E-state index in [4.69, 9.17) is 4.74 Å². The van der Waals surface area contributed by atoms with Crippen LogP contribution in [0.2, 0.25) is 0 Å². The predicted molar refractivity (Wildman–Crippen MR) is 57.3 cm³/mol. The Labute approximate surface area is 83.9 Å². The SMILES string of the molecule is CCNC(COC)c1ccc(C)s1. The minimum atomic E-state index is 0.355. The van der Waals surface area contributed by atoms with E-state index in [1.165, 1.54) is 9.75 Å². The zero-order valence-electron chi connectivity index (χ0n) is 8.46. The monoisotopic (exact) mass is 199 g/mol. The topological polar surface area (TPSA) is 21.3 Å². The summed E-state index contributed by atoms with van der Waals surface area (Å²) in [6, 6.07) is 4.68. The molecule has 1 aromatic rings. The molecule has 0 bridgehead atoms. The molecule has 0 saturated carbocycles. The second-order valence-electron chi connectivity index (χ2n) is 3.01. The average Bonchev–Trinajstić information content (AvgIpc) is 2.51. The number of likely N-dealkylation sites (N-methyl/N-ethyl adjacent to an activating group) is 1. The molecule has 0 saturated heterocycles. The Bertz CT molecular complexity index is 241. The first-order chi connectivity index (χ1) is 6.27. The van der Waals surface area contributed by atoms with Gasteiger partial charge >= 0.3 is 0 Å². The van der Waals surface area contributed by atoms with Crippen LogP contribution in [0.5, 0.6) is 0 Å². The molecular formula is C10H17NOS. The lowest BCUT2D eigenvalue weighted by Crippen LogP contribution is -2.23. The normalized spacial score (nSPS) is 13.2. The van der Waals surface area contributed by atoms with Crippen molar-refractivity contribution in [3.63, 3.8) is 0 Å². The summed E-state index contributed by atoms with van der Waals surface area (Å²) in [5, 5.41) is 3.40. The predicted octanol–water partition coefficient (Wildman–Crippen LogP) is 2.35. The first-order valence-electron chi connectivity index (χ1n) is 4.56. The van der Waals surface area contributed by atoms with E-state index in [9.17, 15) is 0 Å². The quantitative estimate of drug-likeness (QED) is 0.786. The van der Waals surface area contributed by atoms with Crippen molar-refractivity contribution in [2.24, 2.45) is 0 Å². The van der Waals surface area contributed by atoms with Crippen molar-refractivity contribution in [2.75, 3.05) is 20.3 Å². The molecule has 3 heteroatoms. The Balaban J connectivity index is 2.63. The fraction of sp³-hybridized carbons (Fsp3) is 0.600. The summed E-state index contributed by atoms with van der Waals surface area (Å²) in [6.45, 7) is 5.96. The Hall–Kier alpha value is -0.380. The highest BCUT2D eigenvalue weighted by Gasteiger charge is 2.10. The first-order valence-corrected chi connectivity index (χ1v) is 5.38. The van der Waals surface area contributed by atoms with Crippen LogP contribution in [0.3, 0.4) is 0 Å². The number of aryl methyl sites for hydroxylation is 1. The lowest BCUT2D eigenvalue weighted by Gasteiger charge is -2.14. The lowest BCUT2D eigenvalue weighted by molar-refractivity contribution is 0.169. The average molecular weight is 199 g/mol. The molecule has 74 valence electrons. The van der Waals surface area contributed by atoms with Crippen molar-refractivity contribution in [1.29, 1.82) is 0 Å². The minimum Gasteiger partial charge on any atom is -0.383 e. The molecule has 0 fully saturated rings. The largest absolute Gasteiger partial charge is 0.383 e. The molecular weight excluding hydrogens is 182 g/mol. The van der Waals surface area contributed by atoms with Gasteiger partial charge in [-0.05, 0) is 25.6 Å². The summed E-state index contributed by atoms with van der Waals surface area (Å²) >= 11 is 1.83. The summed E-state index contributed by atoms with van der Waals surface area (Å²) in [7, 11) is 1.74. The standard InChI is InChI=1S/C10H17NOS/c1-4-11-9(7-12-3)10-6-5-8(2)13-10/h5-6,9,11H,4,7H2,1-3H3. The van der Waals surface area contributed by atoms with Gasteiger partial charge in [-0.3, -0.25) is 0 Å². The minimum absolute atomic E-state index is 0.355. The highest BCUT2D eigenvalue weighted by molar-refractivity contribution is 7.12. The maximum absolute atomic E-state index is 5.16. The number of hydrogen-bond donors (Lipinski definition) is 1. The van der Waals surface area contributed by atoms with E-state index in [0.29, 0.717) is 6.04 Å². The van der Waals surface area contributed by atoms with Gasteiger partial charge in [0.1, 0.15) is 0 Å². The summed E-state index contributed by atoms with van der Waals surface area (Å²) in [5.74, 6) is 0. The van der Waals surface area contributed by atoms with Gasteiger partial charge in [0.05, 0.1) is 12.6 Å². The number of hydrogen-bond acceptors (Lipinski definition) is 3. The third-order valence-corrected chi connectivity index (χ3v) is 3.00.